The summed E-state index contributed by atoms with van der Waals surface area (Å²) >= 11 is 0. The van der Waals surface area contributed by atoms with Gasteiger partial charge in [-0.1, -0.05) is 30.3 Å². The van der Waals surface area contributed by atoms with Crippen LogP contribution in [0, 0.1) is 0 Å². The van der Waals surface area contributed by atoms with Gasteiger partial charge in [-0.2, -0.15) is 0 Å². The zero-order valence-electron chi connectivity index (χ0n) is 8.29. The molecular formula is C10H14ClNO3. The third-order valence-corrected chi connectivity index (χ3v) is 1.95. The number of hydrogen-bond acceptors (Lipinski definition) is 4. The highest BCUT2D eigenvalue weighted by molar-refractivity contribution is 5.85. The molecule has 1 aromatic carbocycles. The molecule has 0 saturated carbocycles. The molecule has 1 aromatic rings. The smallest absolute Gasteiger partial charge is 0.325 e. The van der Waals surface area contributed by atoms with E-state index >= 15 is 0 Å². The third kappa shape index (κ3) is 3.51. The lowest BCUT2D eigenvalue weighted by molar-refractivity contribution is -0.145. The van der Waals surface area contributed by atoms with Gasteiger partial charge in [-0.05, 0) is 5.56 Å². The van der Waals surface area contributed by atoms with E-state index in [-0.39, 0.29) is 12.4 Å². The zero-order chi connectivity index (χ0) is 10.6. The monoisotopic (exact) mass is 231 g/mol. The van der Waals surface area contributed by atoms with Gasteiger partial charge in [0.2, 0.25) is 0 Å². The highest BCUT2D eigenvalue weighted by Gasteiger charge is 2.24. The Labute approximate surface area is 94.5 Å². The van der Waals surface area contributed by atoms with Gasteiger partial charge in [-0.15, -0.1) is 12.4 Å². The summed E-state index contributed by atoms with van der Waals surface area (Å²) in [6.45, 7) is 0. The highest BCUT2D eigenvalue weighted by atomic mass is 35.5. The molecule has 0 aliphatic rings. The molecule has 0 heterocycles. The second-order valence-corrected chi connectivity index (χ2v) is 2.90. The molecule has 0 saturated heterocycles. The van der Waals surface area contributed by atoms with Gasteiger partial charge >= 0.3 is 5.97 Å². The summed E-state index contributed by atoms with van der Waals surface area (Å²) in [7, 11) is 1.24. The predicted octanol–water partition coefficient (Wildman–Crippen LogP) is 0.642. The number of halogens is 1. The summed E-state index contributed by atoms with van der Waals surface area (Å²) in [6.07, 6.45) is -1.02. The molecule has 0 spiro atoms. The van der Waals surface area contributed by atoms with E-state index < -0.39 is 18.1 Å². The molecule has 0 aliphatic heterocycles. The van der Waals surface area contributed by atoms with Crippen LogP contribution in [-0.2, 0) is 9.53 Å². The van der Waals surface area contributed by atoms with Crippen molar-refractivity contribution in [2.45, 2.75) is 12.1 Å². The fraction of sp³-hybridized carbons (Fsp3) is 0.300. The van der Waals surface area contributed by atoms with Crippen LogP contribution in [0.3, 0.4) is 0 Å². The number of ether oxygens (including phenoxy) is 1. The van der Waals surface area contributed by atoms with E-state index in [9.17, 15) is 9.90 Å². The number of rotatable bonds is 3. The number of hydrogen-bond donors (Lipinski definition) is 2. The second kappa shape index (κ2) is 6.40. The molecule has 0 aromatic heterocycles. The minimum absolute atomic E-state index is 0. The molecule has 0 amide bonds. The van der Waals surface area contributed by atoms with E-state index in [2.05, 4.69) is 4.74 Å². The number of benzene rings is 1. The van der Waals surface area contributed by atoms with E-state index in [1.54, 1.807) is 24.3 Å². The van der Waals surface area contributed by atoms with Crippen LogP contribution in [0.1, 0.15) is 11.7 Å². The maximum Gasteiger partial charge on any atom is 0.325 e. The molecule has 1 unspecified atom stereocenters. The van der Waals surface area contributed by atoms with Gasteiger partial charge in [-0.3, -0.25) is 4.79 Å². The van der Waals surface area contributed by atoms with Crippen molar-refractivity contribution in [3.8, 4) is 0 Å². The average molecular weight is 232 g/mol. The lowest BCUT2D eigenvalue weighted by Gasteiger charge is -2.16. The van der Waals surface area contributed by atoms with Crippen LogP contribution < -0.4 is 5.73 Å². The lowest BCUT2D eigenvalue weighted by atomic mass is 10.0. The van der Waals surface area contributed by atoms with Crippen LogP contribution in [-0.4, -0.2) is 24.2 Å². The van der Waals surface area contributed by atoms with Gasteiger partial charge in [0.25, 0.3) is 0 Å². The summed E-state index contributed by atoms with van der Waals surface area (Å²) in [5, 5.41) is 9.66. The van der Waals surface area contributed by atoms with Gasteiger partial charge in [0.05, 0.1) is 7.11 Å². The molecule has 3 N–H and O–H groups in total. The molecule has 1 rings (SSSR count). The van der Waals surface area contributed by atoms with Crippen molar-refractivity contribution in [2.75, 3.05) is 7.11 Å². The fourth-order valence-electron chi connectivity index (χ4n) is 1.12. The lowest BCUT2D eigenvalue weighted by Crippen LogP contribution is -2.37. The SMILES string of the molecule is COC(=O)[C@@H](N)C(O)c1ccccc1.Cl. The number of esters is 1. The minimum atomic E-state index is -1.04. The normalized spacial score (nSPS) is 13.5. The largest absolute Gasteiger partial charge is 0.468 e. The van der Waals surface area contributed by atoms with Crippen LogP contribution in [0.5, 0.6) is 0 Å². The van der Waals surface area contributed by atoms with Crippen LogP contribution in [0.25, 0.3) is 0 Å². The Morgan fingerprint density at radius 1 is 1.40 bits per heavy atom. The summed E-state index contributed by atoms with van der Waals surface area (Å²) in [5.74, 6) is -0.624. The molecular weight excluding hydrogens is 218 g/mol. The topological polar surface area (TPSA) is 72.5 Å². The summed E-state index contributed by atoms with van der Waals surface area (Å²) < 4.78 is 4.43. The fourth-order valence-corrected chi connectivity index (χ4v) is 1.12. The maximum absolute atomic E-state index is 11.0. The number of carbonyl (C=O) groups excluding carboxylic acids is 1. The van der Waals surface area contributed by atoms with E-state index in [1.165, 1.54) is 7.11 Å². The predicted molar refractivity (Wildman–Crippen MR) is 58.6 cm³/mol. The Bertz CT molecular complexity index is 305. The average Bonchev–Trinajstić information content (AvgIpc) is 2.27. The van der Waals surface area contributed by atoms with Crippen molar-refractivity contribution in [1.82, 2.24) is 0 Å². The van der Waals surface area contributed by atoms with E-state index in [1.807, 2.05) is 6.07 Å². The zero-order valence-corrected chi connectivity index (χ0v) is 9.11. The van der Waals surface area contributed by atoms with Crippen molar-refractivity contribution >= 4 is 18.4 Å². The Hall–Kier alpha value is -1.10. The Morgan fingerprint density at radius 2 is 1.93 bits per heavy atom. The van der Waals surface area contributed by atoms with Crippen molar-refractivity contribution < 1.29 is 14.6 Å². The number of nitrogens with two attached hydrogens (primary N) is 1. The maximum atomic E-state index is 11.0. The van der Waals surface area contributed by atoms with Crippen molar-refractivity contribution in [1.29, 1.82) is 0 Å². The van der Waals surface area contributed by atoms with Crippen molar-refractivity contribution in [2.24, 2.45) is 5.73 Å². The van der Waals surface area contributed by atoms with Gasteiger partial charge in [0.15, 0.2) is 0 Å². The van der Waals surface area contributed by atoms with E-state index in [4.69, 9.17) is 5.73 Å². The number of aliphatic hydroxyl groups is 1. The van der Waals surface area contributed by atoms with E-state index in [0.717, 1.165) is 0 Å². The Balaban J connectivity index is 0.00000196. The first-order chi connectivity index (χ1) is 6.66. The molecule has 5 heteroatoms. The summed E-state index contributed by atoms with van der Waals surface area (Å²) in [5.41, 5.74) is 6.08. The first-order valence-corrected chi connectivity index (χ1v) is 4.23. The number of aliphatic hydroxyl groups excluding tert-OH is 1. The standard InChI is InChI=1S/C10H13NO3.ClH/c1-14-10(13)8(11)9(12)7-5-3-2-4-6-7;/h2-6,8-9,12H,11H2,1H3;1H/t8-,9?;/m0./s1. The minimum Gasteiger partial charge on any atom is -0.468 e. The van der Waals surface area contributed by atoms with Crippen LogP contribution in [0.2, 0.25) is 0 Å². The summed E-state index contributed by atoms with van der Waals surface area (Å²) in [6, 6.07) is 7.72. The van der Waals surface area contributed by atoms with Crippen molar-refractivity contribution in [3.05, 3.63) is 35.9 Å². The first-order valence-electron chi connectivity index (χ1n) is 4.23. The van der Waals surface area contributed by atoms with Crippen molar-refractivity contribution in [3.63, 3.8) is 0 Å². The first kappa shape index (κ1) is 13.9. The van der Waals surface area contributed by atoms with Gasteiger partial charge in [0, 0.05) is 0 Å². The highest BCUT2D eigenvalue weighted by Crippen LogP contribution is 2.15. The second-order valence-electron chi connectivity index (χ2n) is 2.90. The number of methoxy groups -OCH3 is 1. The molecule has 4 nitrogen and oxygen atoms in total. The number of carbonyl (C=O) groups is 1. The van der Waals surface area contributed by atoms with Crippen LogP contribution in [0.4, 0.5) is 0 Å². The third-order valence-electron chi connectivity index (χ3n) is 1.95. The molecule has 2 atom stereocenters. The Kier molecular flexibility index (Phi) is 5.93. The van der Waals surface area contributed by atoms with Gasteiger partial charge in [-0.25, -0.2) is 0 Å². The molecule has 0 radical (unpaired) electrons. The van der Waals surface area contributed by atoms with Gasteiger partial charge < -0.3 is 15.6 Å². The van der Waals surface area contributed by atoms with E-state index in [0.29, 0.717) is 5.56 Å². The Morgan fingerprint density at radius 3 is 2.40 bits per heavy atom. The van der Waals surface area contributed by atoms with Crippen LogP contribution in [0.15, 0.2) is 30.3 Å². The van der Waals surface area contributed by atoms with Crippen LogP contribution >= 0.6 is 12.4 Å². The molecule has 0 bridgehead atoms. The molecule has 0 fully saturated rings. The van der Waals surface area contributed by atoms with Gasteiger partial charge in [0.1, 0.15) is 12.1 Å². The quantitative estimate of drug-likeness (QED) is 0.749. The molecule has 15 heavy (non-hydrogen) atoms. The molecule has 0 aliphatic carbocycles. The summed E-state index contributed by atoms with van der Waals surface area (Å²) in [4.78, 5) is 11.0. The molecule has 84 valence electrons.